The van der Waals surface area contributed by atoms with E-state index in [0.717, 1.165) is 48.6 Å². The van der Waals surface area contributed by atoms with Crippen LogP contribution in [0.15, 0.2) is 36.4 Å². The molecule has 2 aromatic carbocycles. The van der Waals surface area contributed by atoms with E-state index in [1.807, 2.05) is 31.2 Å². The molecule has 1 amide bonds. The van der Waals surface area contributed by atoms with Crippen LogP contribution in [-0.4, -0.2) is 55.8 Å². The number of carbonyl (C=O) groups is 1. The fourth-order valence-corrected chi connectivity index (χ4v) is 4.67. The molecule has 3 aromatic rings. The van der Waals surface area contributed by atoms with Crippen molar-refractivity contribution < 1.29 is 19.0 Å². The lowest BCUT2D eigenvalue weighted by Gasteiger charge is -2.26. The summed E-state index contributed by atoms with van der Waals surface area (Å²) in [5.41, 5.74) is 3.19. The molecule has 8 heteroatoms. The van der Waals surface area contributed by atoms with E-state index in [1.165, 1.54) is 16.9 Å². The van der Waals surface area contributed by atoms with Crippen molar-refractivity contribution in [3.8, 4) is 11.5 Å². The quantitative estimate of drug-likeness (QED) is 0.524. The molecule has 170 valence electrons. The van der Waals surface area contributed by atoms with E-state index in [2.05, 4.69) is 27.3 Å². The van der Waals surface area contributed by atoms with Crippen LogP contribution in [0.3, 0.4) is 0 Å². The molecular weight excluding hydrogens is 426 g/mol. The lowest BCUT2D eigenvalue weighted by molar-refractivity contribution is -0.116. The van der Waals surface area contributed by atoms with Gasteiger partial charge in [-0.1, -0.05) is 23.5 Å². The van der Waals surface area contributed by atoms with Gasteiger partial charge in [0.15, 0.2) is 16.6 Å². The number of nitrogens with zero attached hydrogens (tertiary/aromatic N) is 2. The van der Waals surface area contributed by atoms with Crippen LogP contribution in [0, 0.1) is 0 Å². The third-order valence-electron chi connectivity index (χ3n) is 5.38. The normalized spacial score (nSPS) is 14.4. The maximum Gasteiger partial charge on any atom is 0.226 e. The van der Waals surface area contributed by atoms with Crippen molar-refractivity contribution in [3.63, 3.8) is 0 Å². The van der Waals surface area contributed by atoms with Crippen LogP contribution in [0.1, 0.15) is 24.5 Å². The molecular formula is C24H29N3O4S. The summed E-state index contributed by atoms with van der Waals surface area (Å²) < 4.78 is 17.4. The number of benzene rings is 2. The molecule has 2 heterocycles. The standard InChI is InChI=1S/C24H29N3O4S/c1-3-31-20-8-5-17(14-21(20)29-2)6-9-23(28)26-24-25-19-7-4-18(15-22(19)32-24)16-27-10-12-30-13-11-27/h4-5,7-8,14-15H,3,6,9-13,16H2,1-2H3,(H,25,26,28). The predicted octanol–water partition coefficient (Wildman–Crippen LogP) is 4.11. The summed E-state index contributed by atoms with van der Waals surface area (Å²) >= 11 is 1.51. The van der Waals surface area contributed by atoms with Crippen LogP contribution in [-0.2, 0) is 22.5 Å². The van der Waals surface area contributed by atoms with E-state index in [-0.39, 0.29) is 5.91 Å². The molecule has 0 bridgehead atoms. The summed E-state index contributed by atoms with van der Waals surface area (Å²) in [6.07, 6.45) is 0.985. The van der Waals surface area contributed by atoms with E-state index in [9.17, 15) is 4.79 Å². The molecule has 0 atom stereocenters. The van der Waals surface area contributed by atoms with Gasteiger partial charge in [0.1, 0.15) is 0 Å². The first kappa shape index (κ1) is 22.5. The average Bonchev–Trinajstić information content (AvgIpc) is 3.20. The number of aryl methyl sites for hydroxylation is 1. The molecule has 1 fully saturated rings. The van der Waals surface area contributed by atoms with Gasteiger partial charge in [0.25, 0.3) is 0 Å². The highest BCUT2D eigenvalue weighted by Crippen LogP contribution is 2.29. The minimum Gasteiger partial charge on any atom is -0.493 e. The SMILES string of the molecule is CCOc1ccc(CCC(=O)Nc2nc3ccc(CN4CCOCC4)cc3s2)cc1OC. The number of aromatic nitrogens is 1. The van der Waals surface area contributed by atoms with Gasteiger partial charge >= 0.3 is 0 Å². The fourth-order valence-electron chi connectivity index (χ4n) is 3.72. The van der Waals surface area contributed by atoms with Crippen molar-refractivity contribution in [1.29, 1.82) is 0 Å². The van der Waals surface area contributed by atoms with E-state index < -0.39 is 0 Å². The number of nitrogens with one attached hydrogen (secondary N) is 1. The fraction of sp³-hybridized carbons (Fsp3) is 0.417. The zero-order chi connectivity index (χ0) is 22.3. The maximum absolute atomic E-state index is 12.5. The molecule has 7 nitrogen and oxygen atoms in total. The van der Waals surface area contributed by atoms with E-state index in [0.29, 0.717) is 36.1 Å². The zero-order valence-electron chi connectivity index (χ0n) is 18.6. The number of thiazole rings is 1. The number of rotatable bonds is 9. The summed E-state index contributed by atoms with van der Waals surface area (Å²) in [5.74, 6) is 1.35. The van der Waals surface area contributed by atoms with Crippen molar-refractivity contribution in [2.45, 2.75) is 26.3 Å². The van der Waals surface area contributed by atoms with E-state index >= 15 is 0 Å². The Kier molecular flexibility index (Phi) is 7.57. The summed E-state index contributed by atoms with van der Waals surface area (Å²) in [7, 11) is 1.62. The molecule has 0 aliphatic carbocycles. The van der Waals surface area contributed by atoms with Gasteiger partial charge in [-0.3, -0.25) is 9.69 Å². The number of morpholine rings is 1. The van der Waals surface area contributed by atoms with Gasteiger partial charge in [-0.25, -0.2) is 4.98 Å². The van der Waals surface area contributed by atoms with Crippen molar-refractivity contribution in [3.05, 3.63) is 47.5 Å². The third-order valence-corrected chi connectivity index (χ3v) is 6.31. The van der Waals surface area contributed by atoms with Gasteiger partial charge < -0.3 is 19.5 Å². The first-order valence-corrected chi connectivity index (χ1v) is 11.8. The minimum atomic E-state index is -0.0505. The number of ether oxygens (including phenoxy) is 3. The molecule has 1 aliphatic rings. The highest BCUT2D eigenvalue weighted by Gasteiger charge is 2.13. The van der Waals surface area contributed by atoms with Crippen LogP contribution in [0.25, 0.3) is 10.2 Å². The molecule has 0 spiro atoms. The summed E-state index contributed by atoms with van der Waals surface area (Å²) in [4.78, 5) is 19.5. The van der Waals surface area contributed by atoms with Gasteiger partial charge in [-0.15, -0.1) is 0 Å². The zero-order valence-corrected chi connectivity index (χ0v) is 19.4. The van der Waals surface area contributed by atoms with Crippen LogP contribution >= 0.6 is 11.3 Å². The summed E-state index contributed by atoms with van der Waals surface area (Å²) in [6.45, 7) is 6.93. The molecule has 0 saturated carbocycles. The molecule has 1 aliphatic heterocycles. The van der Waals surface area contributed by atoms with Crippen molar-refractivity contribution in [2.24, 2.45) is 0 Å². The van der Waals surface area contributed by atoms with Gasteiger partial charge in [0.2, 0.25) is 5.91 Å². The Bertz CT molecular complexity index is 1060. The maximum atomic E-state index is 12.5. The van der Waals surface area contributed by atoms with Crippen LogP contribution in [0.4, 0.5) is 5.13 Å². The van der Waals surface area contributed by atoms with E-state index in [4.69, 9.17) is 14.2 Å². The molecule has 4 rings (SSSR count). The number of anilines is 1. The first-order valence-electron chi connectivity index (χ1n) is 10.9. The smallest absolute Gasteiger partial charge is 0.226 e. The Morgan fingerprint density at radius 2 is 1.97 bits per heavy atom. The lowest BCUT2D eigenvalue weighted by atomic mass is 10.1. The Morgan fingerprint density at radius 3 is 2.75 bits per heavy atom. The molecule has 0 radical (unpaired) electrons. The summed E-state index contributed by atoms with van der Waals surface area (Å²) in [6, 6.07) is 12.1. The van der Waals surface area contributed by atoms with Crippen LogP contribution < -0.4 is 14.8 Å². The van der Waals surface area contributed by atoms with E-state index in [1.54, 1.807) is 7.11 Å². The van der Waals surface area contributed by atoms with Gasteiger partial charge in [-0.2, -0.15) is 0 Å². The largest absolute Gasteiger partial charge is 0.493 e. The third kappa shape index (κ3) is 5.76. The molecule has 1 aromatic heterocycles. The number of fused-ring (bicyclic) bond motifs is 1. The molecule has 1 saturated heterocycles. The van der Waals surface area contributed by atoms with Gasteiger partial charge in [0.05, 0.1) is 37.1 Å². The number of hydrogen-bond donors (Lipinski definition) is 1. The Balaban J connectivity index is 1.34. The summed E-state index contributed by atoms with van der Waals surface area (Å²) in [5, 5.41) is 3.59. The lowest BCUT2D eigenvalue weighted by Crippen LogP contribution is -2.35. The van der Waals surface area contributed by atoms with Crippen LogP contribution in [0.5, 0.6) is 11.5 Å². The van der Waals surface area contributed by atoms with Crippen molar-refractivity contribution >= 4 is 32.6 Å². The van der Waals surface area contributed by atoms with Crippen molar-refractivity contribution in [2.75, 3.05) is 45.3 Å². The second kappa shape index (κ2) is 10.8. The Labute approximate surface area is 192 Å². The average molecular weight is 456 g/mol. The van der Waals surface area contributed by atoms with Crippen molar-refractivity contribution in [1.82, 2.24) is 9.88 Å². The number of methoxy groups -OCH3 is 1. The van der Waals surface area contributed by atoms with Gasteiger partial charge in [-0.05, 0) is 48.7 Å². The topological polar surface area (TPSA) is 72.9 Å². The Hall–Kier alpha value is -2.68. The first-order chi connectivity index (χ1) is 15.6. The highest BCUT2D eigenvalue weighted by atomic mass is 32.1. The molecule has 0 unspecified atom stereocenters. The second-order valence-corrected chi connectivity index (χ2v) is 8.71. The molecule has 32 heavy (non-hydrogen) atoms. The molecule has 1 N–H and O–H groups in total. The van der Waals surface area contributed by atoms with Gasteiger partial charge in [0, 0.05) is 26.1 Å². The minimum absolute atomic E-state index is 0.0505. The number of hydrogen-bond acceptors (Lipinski definition) is 7. The number of carbonyl (C=O) groups excluding carboxylic acids is 1. The second-order valence-electron chi connectivity index (χ2n) is 7.68. The predicted molar refractivity (Wildman–Crippen MR) is 127 cm³/mol. The van der Waals surface area contributed by atoms with Crippen LogP contribution in [0.2, 0.25) is 0 Å². The Morgan fingerprint density at radius 1 is 1.16 bits per heavy atom. The number of amides is 1. The monoisotopic (exact) mass is 455 g/mol. The highest BCUT2D eigenvalue weighted by molar-refractivity contribution is 7.22.